The van der Waals surface area contributed by atoms with Gasteiger partial charge in [0.15, 0.2) is 11.4 Å². The second-order valence-corrected chi connectivity index (χ2v) is 9.06. The summed E-state index contributed by atoms with van der Waals surface area (Å²) in [6.07, 6.45) is 3.55. The number of nitrogens with zero attached hydrogens (tertiary/aromatic N) is 2. The van der Waals surface area contributed by atoms with Gasteiger partial charge in [-0.2, -0.15) is 0 Å². The average molecular weight is 429 g/mol. The molecule has 2 atom stereocenters. The lowest BCUT2D eigenvalue weighted by molar-refractivity contribution is -0.137. The third-order valence-corrected chi connectivity index (χ3v) is 6.15. The minimum atomic E-state index is -1.87. The molecule has 140 valence electrons. The molecule has 2 aromatic rings. The van der Waals surface area contributed by atoms with E-state index in [4.69, 9.17) is 0 Å². The van der Waals surface area contributed by atoms with Crippen molar-refractivity contribution in [1.82, 2.24) is 4.98 Å². The highest BCUT2D eigenvalue weighted by Gasteiger charge is 2.57. The summed E-state index contributed by atoms with van der Waals surface area (Å²) in [6.45, 7) is 6.14. The molecule has 0 radical (unpaired) electrons. The van der Waals surface area contributed by atoms with Gasteiger partial charge in [0.1, 0.15) is 0 Å². The number of hydrogen-bond donors (Lipinski definition) is 1. The van der Waals surface area contributed by atoms with Gasteiger partial charge in [-0.3, -0.25) is 14.6 Å². The summed E-state index contributed by atoms with van der Waals surface area (Å²) in [5.41, 5.74) is 0.436. The van der Waals surface area contributed by atoms with Crippen molar-refractivity contribution >= 4 is 33.3 Å². The number of amides is 1. The number of anilines is 1. The fraction of sp³-hybridized carbons (Fsp3) is 0.381. The maximum Gasteiger partial charge on any atom is 0.264 e. The Bertz CT molecular complexity index is 957. The zero-order chi connectivity index (χ0) is 19.6. The van der Waals surface area contributed by atoms with Crippen molar-refractivity contribution in [2.45, 2.75) is 50.7 Å². The topological polar surface area (TPSA) is 70.5 Å². The Morgan fingerprint density at radius 3 is 2.67 bits per heavy atom. The maximum absolute atomic E-state index is 13.4. The van der Waals surface area contributed by atoms with E-state index in [-0.39, 0.29) is 18.1 Å². The first-order valence-electron chi connectivity index (χ1n) is 8.99. The highest BCUT2D eigenvalue weighted by atomic mass is 79.9. The Kier molecular flexibility index (Phi) is 4.05. The van der Waals surface area contributed by atoms with Crippen LogP contribution in [0.25, 0.3) is 0 Å². The summed E-state index contributed by atoms with van der Waals surface area (Å²) in [4.78, 5) is 31.8. The monoisotopic (exact) mass is 428 g/mol. The molecule has 0 saturated carbocycles. The Balaban J connectivity index is 1.86. The average Bonchev–Trinajstić information content (AvgIpc) is 2.82. The fourth-order valence-corrected chi connectivity index (χ4v) is 5.01. The number of aromatic nitrogens is 1. The number of carbonyl (C=O) groups excluding carboxylic acids is 2. The lowest BCUT2D eigenvalue weighted by Gasteiger charge is -2.44. The quantitative estimate of drug-likeness (QED) is 0.751. The van der Waals surface area contributed by atoms with Crippen LogP contribution in [-0.4, -0.2) is 27.3 Å². The van der Waals surface area contributed by atoms with Gasteiger partial charge in [-0.25, -0.2) is 0 Å². The van der Waals surface area contributed by atoms with Gasteiger partial charge in [0.25, 0.3) is 5.91 Å². The van der Waals surface area contributed by atoms with E-state index in [0.29, 0.717) is 11.1 Å². The first-order chi connectivity index (χ1) is 12.6. The summed E-state index contributed by atoms with van der Waals surface area (Å²) in [6, 6.07) is 6.97. The smallest absolute Gasteiger partial charge is 0.264 e. The van der Waals surface area contributed by atoms with E-state index in [0.717, 1.165) is 22.1 Å². The van der Waals surface area contributed by atoms with Gasteiger partial charge in [-0.1, -0.05) is 22.9 Å². The van der Waals surface area contributed by atoms with Crippen LogP contribution in [0.4, 0.5) is 5.69 Å². The largest absolute Gasteiger partial charge is 0.375 e. The van der Waals surface area contributed by atoms with Crippen molar-refractivity contribution in [2.24, 2.45) is 0 Å². The molecule has 0 fully saturated rings. The molecule has 0 bridgehead atoms. The van der Waals surface area contributed by atoms with E-state index in [1.807, 2.05) is 19.9 Å². The second-order valence-electron chi connectivity index (χ2n) is 8.15. The number of carbonyl (C=O) groups is 2. The summed E-state index contributed by atoms with van der Waals surface area (Å²) in [5.74, 6) is -0.461. The number of hydrogen-bond acceptors (Lipinski definition) is 4. The van der Waals surface area contributed by atoms with E-state index in [9.17, 15) is 14.7 Å². The summed E-state index contributed by atoms with van der Waals surface area (Å²) in [7, 11) is 0. The molecule has 6 heteroatoms. The van der Waals surface area contributed by atoms with E-state index in [2.05, 4.69) is 27.8 Å². The van der Waals surface area contributed by atoms with E-state index in [1.54, 1.807) is 23.1 Å². The first kappa shape index (κ1) is 18.3. The summed E-state index contributed by atoms with van der Waals surface area (Å²) < 4.78 is 0.798. The number of Topliss-reactive ketones (excluding diaryl/α,β-unsaturated/α-hetero) is 1. The van der Waals surface area contributed by atoms with Gasteiger partial charge in [-0.15, -0.1) is 0 Å². The molecule has 4 rings (SSSR count). The number of halogens is 1. The van der Waals surface area contributed by atoms with Crippen LogP contribution in [0, 0.1) is 0 Å². The Labute approximate surface area is 166 Å². The highest BCUT2D eigenvalue weighted by Crippen LogP contribution is 2.55. The van der Waals surface area contributed by atoms with Crippen molar-refractivity contribution in [3.05, 3.63) is 57.8 Å². The lowest BCUT2D eigenvalue weighted by Crippen LogP contribution is -2.53. The van der Waals surface area contributed by atoms with Gasteiger partial charge in [0.2, 0.25) is 0 Å². The molecule has 3 heterocycles. The van der Waals surface area contributed by atoms with Gasteiger partial charge < -0.3 is 10.0 Å². The molecule has 2 aliphatic heterocycles. The standard InChI is InChI=1S/C21H21BrN2O3/c1-12-10-20(2,3)24-18-15(12)8-14(22)9-16(18)21(27,19(24)26)11-17(25)13-4-6-23-7-5-13/h4-9,12,27H,10-11H2,1-3H3. The van der Waals surface area contributed by atoms with Gasteiger partial charge in [0, 0.05) is 33.5 Å². The molecule has 2 unspecified atom stereocenters. The normalized spacial score (nSPS) is 25.4. The number of rotatable bonds is 3. The van der Waals surface area contributed by atoms with Crippen molar-refractivity contribution in [3.8, 4) is 0 Å². The van der Waals surface area contributed by atoms with Crippen molar-refractivity contribution < 1.29 is 14.7 Å². The molecular weight excluding hydrogens is 408 g/mol. The molecule has 27 heavy (non-hydrogen) atoms. The summed E-state index contributed by atoms with van der Waals surface area (Å²) >= 11 is 3.51. The van der Waals surface area contributed by atoms with E-state index in [1.165, 1.54) is 12.4 Å². The van der Waals surface area contributed by atoms with Crippen molar-refractivity contribution in [2.75, 3.05) is 4.90 Å². The van der Waals surface area contributed by atoms with E-state index >= 15 is 0 Å². The van der Waals surface area contributed by atoms with Crippen LogP contribution >= 0.6 is 15.9 Å². The fourth-order valence-electron chi connectivity index (χ4n) is 4.53. The van der Waals surface area contributed by atoms with Crippen LogP contribution < -0.4 is 4.90 Å². The zero-order valence-electron chi connectivity index (χ0n) is 15.5. The minimum absolute atomic E-state index is 0.244. The third kappa shape index (κ3) is 2.65. The van der Waals surface area contributed by atoms with Crippen LogP contribution in [-0.2, 0) is 10.4 Å². The molecular formula is C21H21BrN2O3. The predicted octanol–water partition coefficient (Wildman–Crippen LogP) is 3.94. The molecule has 0 spiro atoms. The SMILES string of the molecule is CC1CC(C)(C)N2C(=O)C(O)(CC(=O)c3ccncc3)c3cc(Br)cc1c32. The van der Waals surface area contributed by atoms with Gasteiger partial charge in [-0.05, 0) is 56.0 Å². The molecule has 1 amide bonds. The Hall–Kier alpha value is -2.05. The molecule has 1 aromatic heterocycles. The van der Waals surface area contributed by atoms with Crippen LogP contribution in [0.2, 0.25) is 0 Å². The van der Waals surface area contributed by atoms with Crippen LogP contribution in [0.5, 0.6) is 0 Å². The van der Waals surface area contributed by atoms with Crippen LogP contribution in [0.1, 0.15) is 61.0 Å². The summed E-state index contributed by atoms with van der Waals surface area (Å²) in [5, 5.41) is 11.5. The van der Waals surface area contributed by atoms with Gasteiger partial charge in [0.05, 0.1) is 12.1 Å². The van der Waals surface area contributed by atoms with Crippen LogP contribution in [0.15, 0.2) is 41.1 Å². The number of aliphatic hydroxyl groups is 1. The second kappa shape index (κ2) is 5.97. The lowest BCUT2D eigenvalue weighted by atomic mass is 9.80. The van der Waals surface area contributed by atoms with Gasteiger partial charge >= 0.3 is 0 Å². The zero-order valence-corrected chi connectivity index (χ0v) is 17.1. The molecule has 1 aromatic carbocycles. The molecule has 2 aliphatic rings. The number of benzene rings is 1. The van der Waals surface area contributed by atoms with Crippen LogP contribution in [0.3, 0.4) is 0 Å². The molecule has 5 nitrogen and oxygen atoms in total. The maximum atomic E-state index is 13.4. The minimum Gasteiger partial charge on any atom is -0.375 e. The Morgan fingerprint density at radius 1 is 1.33 bits per heavy atom. The molecule has 1 N–H and O–H groups in total. The first-order valence-corrected chi connectivity index (χ1v) is 9.78. The molecule has 0 aliphatic carbocycles. The van der Waals surface area contributed by atoms with Crippen molar-refractivity contribution in [1.29, 1.82) is 0 Å². The molecule has 0 saturated heterocycles. The van der Waals surface area contributed by atoms with Crippen molar-refractivity contribution in [3.63, 3.8) is 0 Å². The third-order valence-electron chi connectivity index (χ3n) is 5.69. The predicted molar refractivity (Wildman–Crippen MR) is 106 cm³/mol. The highest BCUT2D eigenvalue weighted by molar-refractivity contribution is 9.10. The number of ketones is 1. The number of pyridine rings is 1. The van der Waals surface area contributed by atoms with E-state index < -0.39 is 17.0 Å². The Morgan fingerprint density at radius 2 is 2.00 bits per heavy atom.